The van der Waals surface area contributed by atoms with Gasteiger partial charge in [0.15, 0.2) is 0 Å². The fourth-order valence-corrected chi connectivity index (χ4v) is 6.28. The normalized spacial score (nSPS) is 18.5. The van der Waals surface area contributed by atoms with Gasteiger partial charge in [-0.05, 0) is 68.5 Å². The average Bonchev–Trinajstić information content (AvgIpc) is 3.37. The lowest BCUT2D eigenvalue weighted by Crippen LogP contribution is -2.35. The number of nitrogens with zero attached hydrogens (tertiary/aromatic N) is 4. The summed E-state index contributed by atoms with van der Waals surface area (Å²) in [5.74, 6) is 0.370. The van der Waals surface area contributed by atoms with Crippen molar-refractivity contribution in [2.45, 2.75) is 56.2 Å². The number of rotatable bonds is 5. The molecule has 34 heavy (non-hydrogen) atoms. The standard InChI is InChI=1S/C24H26N6O3S/c1-26-34(32,33)21-9-7-15-11-19(8-6-16(15)12-21)28-24-27-14-18-10-17(13-25)23(31)30(22(18)29-24)20-4-2-3-5-20/h6,8,10-11,14,20-21,26H,2-5,7,9,12H2,1H3,(H,27,28,29). The summed E-state index contributed by atoms with van der Waals surface area (Å²) >= 11 is 0. The summed E-state index contributed by atoms with van der Waals surface area (Å²) in [5, 5.41) is 12.9. The molecule has 9 nitrogen and oxygen atoms in total. The van der Waals surface area contributed by atoms with Crippen molar-refractivity contribution in [3.63, 3.8) is 0 Å². The molecule has 1 saturated carbocycles. The second kappa shape index (κ2) is 8.81. The van der Waals surface area contributed by atoms with Crippen molar-refractivity contribution in [1.29, 1.82) is 5.26 Å². The van der Waals surface area contributed by atoms with Crippen LogP contribution >= 0.6 is 0 Å². The number of aryl methyl sites for hydroxylation is 1. The predicted octanol–water partition coefficient (Wildman–Crippen LogP) is 2.93. The fraction of sp³-hybridized carbons (Fsp3) is 0.417. The number of nitrogens with one attached hydrogen (secondary N) is 2. The molecule has 0 amide bonds. The summed E-state index contributed by atoms with van der Waals surface area (Å²) in [7, 11) is -1.84. The lowest BCUT2D eigenvalue weighted by atomic mass is 9.91. The fourth-order valence-electron chi connectivity index (χ4n) is 5.12. The molecule has 0 radical (unpaired) electrons. The molecule has 1 fully saturated rings. The van der Waals surface area contributed by atoms with Gasteiger partial charge in [-0.3, -0.25) is 9.36 Å². The Balaban J connectivity index is 1.47. The lowest BCUT2D eigenvalue weighted by Gasteiger charge is -2.24. The van der Waals surface area contributed by atoms with Crippen molar-refractivity contribution >= 4 is 32.7 Å². The number of anilines is 2. The van der Waals surface area contributed by atoms with Crippen LogP contribution in [-0.4, -0.2) is 35.3 Å². The van der Waals surface area contributed by atoms with E-state index in [9.17, 15) is 18.5 Å². The maximum absolute atomic E-state index is 13.0. The Morgan fingerprint density at radius 2 is 1.94 bits per heavy atom. The minimum Gasteiger partial charge on any atom is -0.324 e. The molecule has 2 N–H and O–H groups in total. The maximum atomic E-state index is 13.0. The molecule has 2 aliphatic rings. The minimum atomic E-state index is -3.30. The molecule has 10 heteroatoms. The number of nitriles is 1. The van der Waals surface area contributed by atoms with E-state index >= 15 is 0 Å². The van der Waals surface area contributed by atoms with Gasteiger partial charge in [-0.15, -0.1) is 0 Å². The van der Waals surface area contributed by atoms with Gasteiger partial charge in [0, 0.05) is 23.3 Å². The molecule has 0 bridgehead atoms. The van der Waals surface area contributed by atoms with Crippen LogP contribution < -0.4 is 15.6 Å². The molecule has 3 aromatic rings. The van der Waals surface area contributed by atoms with Crippen LogP contribution in [-0.2, 0) is 22.9 Å². The highest BCUT2D eigenvalue weighted by Crippen LogP contribution is 2.31. The number of hydrogen-bond donors (Lipinski definition) is 2. The van der Waals surface area contributed by atoms with E-state index in [1.165, 1.54) is 7.05 Å². The summed E-state index contributed by atoms with van der Waals surface area (Å²) in [6, 6.07) is 9.45. The third-order valence-electron chi connectivity index (χ3n) is 6.95. The van der Waals surface area contributed by atoms with E-state index in [0.29, 0.717) is 36.2 Å². The van der Waals surface area contributed by atoms with E-state index in [0.717, 1.165) is 42.5 Å². The molecule has 0 spiro atoms. The number of benzene rings is 1. The smallest absolute Gasteiger partial charge is 0.270 e. The van der Waals surface area contributed by atoms with E-state index in [1.807, 2.05) is 24.3 Å². The molecule has 176 valence electrons. The van der Waals surface area contributed by atoms with Crippen LogP contribution in [0.25, 0.3) is 11.0 Å². The van der Waals surface area contributed by atoms with Crippen LogP contribution in [0.3, 0.4) is 0 Å². The largest absolute Gasteiger partial charge is 0.324 e. The quantitative estimate of drug-likeness (QED) is 0.577. The van der Waals surface area contributed by atoms with Gasteiger partial charge < -0.3 is 5.32 Å². The molecule has 1 atom stereocenters. The molecule has 5 rings (SSSR count). The van der Waals surface area contributed by atoms with Crippen molar-refractivity contribution < 1.29 is 8.42 Å². The summed E-state index contributed by atoms with van der Waals surface area (Å²) in [6.45, 7) is 0. The van der Waals surface area contributed by atoms with E-state index in [4.69, 9.17) is 0 Å². The highest BCUT2D eigenvalue weighted by molar-refractivity contribution is 7.90. The highest BCUT2D eigenvalue weighted by atomic mass is 32.2. The first-order chi connectivity index (χ1) is 16.4. The third kappa shape index (κ3) is 4.06. The SMILES string of the molecule is CNS(=O)(=O)C1CCc2cc(Nc3ncc4cc(C#N)c(=O)n(C5CCCC5)c4n3)ccc2C1. The summed E-state index contributed by atoms with van der Waals surface area (Å²) in [6.07, 6.45) is 7.27. The van der Waals surface area contributed by atoms with Crippen molar-refractivity contribution in [3.05, 3.63) is 57.5 Å². The average molecular weight is 479 g/mol. The number of hydrogen-bond acceptors (Lipinski definition) is 7. The van der Waals surface area contributed by atoms with Gasteiger partial charge in [-0.2, -0.15) is 10.2 Å². The molecule has 1 unspecified atom stereocenters. The zero-order valence-corrected chi connectivity index (χ0v) is 19.7. The minimum absolute atomic E-state index is 0.0385. The number of fused-ring (bicyclic) bond motifs is 2. The van der Waals surface area contributed by atoms with Crippen molar-refractivity contribution in [2.75, 3.05) is 12.4 Å². The van der Waals surface area contributed by atoms with Crippen LogP contribution in [0.5, 0.6) is 0 Å². The Kier molecular flexibility index (Phi) is 5.83. The molecule has 2 aromatic heterocycles. The van der Waals surface area contributed by atoms with E-state index < -0.39 is 15.3 Å². The first-order valence-electron chi connectivity index (χ1n) is 11.5. The van der Waals surface area contributed by atoms with Gasteiger partial charge in [0.2, 0.25) is 16.0 Å². The summed E-state index contributed by atoms with van der Waals surface area (Å²) < 4.78 is 28.5. The van der Waals surface area contributed by atoms with Gasteiger partial charge in [0.1, 0.15) is 17.3 Å². The van der Waals surface area contributed by atoms with Crippen LogP contribution in [0.1, 0.15) is 54.8 Å². The van der Waals surface area contributed by atoms with Gasteiger partial charge >= 0.3 is 0 Å². The molecule has 2 aliphatic carbocycles. The van der Waals surface area contributed by atoms with Crippen molar-refractivity contribution in [2.24, 2.45) is 0 Å². The van der Waals surface area contributed by atoms with Gasteiger partial charge in [-0.1, -0.05) is 18.9 Å². The summed E-state index contributed by atoms with van der Waals surface area (Å²) in [5.41, 5.74) is 3.28. The summed E-state index contributed by atoms with van der Waals surface area (Å²) in [4.78, 5) is 22.0. The van der Waals surface area contributed by atoms with Crippen LogP contribution in [0.15, 0.2) is 35.3 Å². The van der Waals surface area contributed by atoms with Crippen molar-refractivity contribution in [1.82, 2.24) is 19.3 Å². The third-order valence-corrected chi connectivity index (χ3v) is 8.80. The van der Waals surface area contributed by atoms with Gasteiger partial charge in [0.05, 0.1) is 5.25 Å². The highest BCUT2D eigenvalue weighted by Gasteiger charge is 2.29. The number of sulfonamides is 1. The second-order valence-electron chi connectivity index (χ2n) is 8.98. The Morgan fingerprint density at radius 1 is 1.15 bits per heavy atom. The Bertz CT molecular complexity index is 1470. The first kappa shape index (κ1) is 22.5. The molecular formula is C24H26N6O3S. The monoisotopic (exact) mass is 478 g/mol. The van der Waals surface area contributed by atoms with E-state index in [-0.39, 0.29) is 17.2 Å². The zero-order chi connectivity index (χ0) is 23.9. The van der Waals surface area contributed by atoms with Crippen molar-refractivity contribution in [3.8, 4) is 6.07 Å². The first-order valence-corrected chi connectivity index (χ1v) is 13.1. The van der Waals surface area contributed by atoms with Gasteiger partial charge in [0.25, 0.3) is 5.56 Å². The zero-order valence-electron chi connectivity index (χ0n) is 18.9. The topological polar surface area (TPSA) is 130 Å². The number of pyridine rings is 1. The molecule has 0 aliphatic heterocycles. The maximum Gasteiger partial charge on any atom is 0.270 e. The van der Waals surface area contributed by atoms with Crippen LogP contribution in [0.4, 0.5) is 11.6 Å². The Labute approximate surface area is 197 Å². The molecular weight excluding hydrogens is 452 g/mol. The Morgan fingerprint density at radius 3 is 2.68 bits per heavy atom. The number of aromatic nitrogens is 3. The predicted molar refractivity (Wildman–Crippen MR) is 130 cm³/mol. The molecule has 2 heterocycles. The van der Waals surface area contributed by atoms with E-state index in [2.05, 4.69) is 20.0 Å². The second-order valence-corrected chi connectivity index (χ2v) is 11.1. The Hall–Kier alpha value is -3.29. The molecule has 1 aromatic carbocycles. The van der Waals surface area contributed by atoms with Crippen LogP contribution in [0, 0.1) is 11.3 Å². The lowest BCUT2D eigenvalue weighted by molar-refractivity contribution is 0.515. The van der Waals surface area contributed by atoms with E-state index in [1.54, 1.807) is 16.8 Å². The van der Waals surface area contributed by atoms with Gasteiger partial charge in [-0.25, -0.2) is 18.1 Å². The molecule has 0 saturated heterocycles. The van der Waals surface area contributed by atoms with Crippen LogP contribution in [0.2, 0.25) is 0 Å².